The molecule has 6 heteroatoms. The summed E-state index contributed by atoms with van der Waals surface area (Å²) in [5.74, 6) is -1.55. The smallest absolute Gasteiger partial charge is 0.312 e. The van der Waals surface area contributed by atoms with Crippen molar-refractivity contribution >= 4 is 34.9 Å². The molecule has 0 unspecified atom stereocenters. The Morgan fingerprint density at radius 2 is 1.81 bits per heavy atom. The Hall–Kier alpha value is -2.66. The molecule has 1 aliphatic rings. The molecule has 0 spiro atoms. The average molecular weight is 386 g/mol. The maximum Gasteiger partial charge on any atom is 0.312 e. The zero-order valence-electron chi connectivity index (χ0n) is 15.1. The van der Waals surface area contributed by atoms with E-state index in [1.165, 1.54) is 6.92 Å². The van der Waals surface area contributed by atoms with Crippen LogP contribution in [0.1, 0.15) is 29.3 Å². The van der Waals surface area contributed by atoms with Gasteiger partial charge in [0.1, 0.15) is 0 Å². The van der Waals surface area contributed by atoms with Gasteiger partial charge >= 0.3 is 5.97 Å². The predicted molar refractivity (Wildman–Crippen MR) is 103 cm³/mol. The fraction of sp³-hybridized carbons (Fsp3) is 0.286. The van der Waals surface area contributed by atoms with Crippen molar-refractivity contribution in [2.24, 2.45) is 5.92 Å². The summed E-state index contributed by atoms with van der Waals surface area (Å²) in [6, 6.07) is 13.9. The van der Waals surface area contributed by atoms with Crippen LogP contribution in [0, 0.1) is 12.8 Å². The third kappa shape index (κ3) is 4.19. The van der Waals surface area contributed by atoms with Gasteiger partial charge < -0.3 is 9.64 Å². The second-order valence-corrected chi connectivity index (χ2v) is 7.08. The zero-order valence-corrected chi connectivity index (χ0v) is 15.9. The molecule has 1 saturated heterocycles. The number of aryl methyl sites for hydroxylation is 1. The number of rotatable bonds is 5. The minimum Gasteiger partial charge on any atom is -0.454 e. The molecule has 3 rings (SSSR count). The van der Waals surface area contributed by atoms with E-state index < -0.39 is 18.0 Å². The third-order valence-corrected chi connectivity index (χ3v) is 4.91. The number of benzene rings is 2. The third-order valence-electron chi connectivity index (χ3n) is 4.66. The molecule has 0 aliphatic carbocycles. The lowest BCUT2D eigenvalue weighted by molar-refractivity contribution is -0.151. The first-order valence-corrected chi connectivity index (χ1v) is 9.11. The van der Waals surface area contributed by atoms with E-state index in [-0.39, 0.29) is 24.7 Å². The minimum atomic E-state index is -0.929. The van der Waals surface area contributed by atoms with E-state index in [4.69, 9.17) is 16.3 Å². The molecular formula is C21H20ClNO4. The lowest BCUT2D eigenvalue weighted by Crippen LogP contribution is -2.30. The normalized spacial score (nSPS) is 17.7. The fourth-order valence-electron chi connectivity index (χ4n) is 3.14. The lowest BCUT2D eigenvalue weighted by Gasteiger charge is -2.19. The van der Waals surface area contributed by atoms with E-state index in [0.29, 0.717) is 10.6 Å². The Balaban J connectivity index is 1.64. The van der Waals surface area contributed by atoms with Gasteiger partial charge in [0.15, 0.2) is 6.10 Å². The average Bonchev–Trinajstić information content (AvgIpc) is 3.04. The van der Waals surface area contributed by atoms with E-state index in [0.717, 1.165) is 11.3 Å². The monoisotopic (exact) mass is 385 g/mol. The first-order valence-electron chi connectivity index (χ1n) is 8.73. The molecule has 2 atom stereocenters. The van der Waals surface area contributed by atoms with Gasteiger partial charge in [0.2, 0.25) is 11.7 Å². The summed E-state index contributed by atoms with van der Waals surface area (Å²) < 4.78 is 5.34. The summed E-state index contributed by atoms with van der Waals surface area (Å²) in [5, 5.41) is 0.525. The number of para-hydroxylation sites is 1. The van der Waals surface area contributed by atoms with Crippen molar-refractivity contribution in [2.75, 3.05) is 11.4 Å². The number of amides is 1. The molecule has 1 aliphatic heterocycles. The minimum absolute atomic E-state index is 0.0784. The highest BCUT2D eigenvalue weighted by Gasteiger charge is 2.37. The summed E-state index contributed by atoms with van der Waals surface area (Å²) in [6.45, 7) is 3.70. The SMILES string of the molecule is Cc1ccccc1N1C[C@H](C(=O)O[C@H](C)C(=O)c2ccc(Cl)cc2)CC1=O. The van der Waals surface area contributed by atoms with Crippen LogP contribution in [0.25, 0.3) is 0 Å². The van der Waals surface area contributed by atoms with Crippen LogP contribution in [0.4, 0.5) is 5.69 Å². The topological polar surface area (TPSA) is 63.7 Å². The van der Waals surface area contributed by atoms with Gasteiger partial charge in [-0.2, -0.15) is 0 Å². The number of nitrogens with zero attached hydrogens (tertiary/aromatic N) is 1. The number of halogens is 1. The van der Waals surface area contributed by atoms with Gasteiger partial charge in [0.05, 0.1) is 5.92 Å². The number of ether oxygens (including phenoxy) is 1. The summed E-state index contributed by atoms with van der Waals surface area (Å²) >= 11 is 5.82. The Morgan fingerprint density at radius 1 is 1.15 bits per heavy atom. The first kappa shape index (κ1) is 19.1. The van der Waals surface area contributed by atoms with Gasteiger partial charge in [0, 0.05) is 29.2 Å². The van der Waals surface area contributed by atoms with Gasteiger partial charge in [-0.3, -0.25) is 14.4 Å². The molecule has 1 amide bonds. The standard InChI is InChI=1S/C21H20ClNO4/c1-13-5-3-4-6-18(13)23-12-16(11-19(23)24)21(26)27-14(2)20(25)15-7-9-17(22)10-8-15/h3-10,14,16H,11-12H2,1-2H3/t14-,16-/m1/s1. The molecule has 1 fully saturated rings. The van der Waals surface area contributed by atoms with Crippen molar-refractivity contribution in [3.63, 3.8) is 0 Å². The summed E-state index contributed by atoms with van der Waals surface area (Å²) in [6.07, 6.45) is -0.851. The molecule has 27 heavy (non-hydrogen) atoms. The van der Waals surface area contributed by atoms with Gasteiger partial charge in [-0.1, -0.05) is 29.8 Å². The van der Waals surface area contributed by atoms with E-state index in [1.54, 1.807) is 29.2 Å². The van der Waals surface area contributed by atoms with E-state index in [2.05, 4.69) is 0 Å². The van der Waals surface area contributed by atoms with Crippen LogP contribution in [0.5, 0.6) is 0 Å². The van der Waals surface area contributed by atoms with Crippen LogP contribution in [0.2, 0.25) is 5.02 Å². The number of Topliss-reactive ketones (excluding diaryl/α,β-unsaturated/α-hetero) is 1. The van der Waals surface area contributed by atoms with E-state index in [9.17, 15) is 14.4 Å². The Bertz CT molecular complexity index is 878. The number of anilines is 1. The molecule has 0 saturated carbocycles. The molecule has 5 nitrogen and oxygen atoms in total. The van der Waals surface area contributed by atoms with Crippen LogP contribution >= 0.6 is 11.6 Å². The molecule has 0 radical (unpaired) electrons. The van der Waals surface area contributed by atoms with Crippen molar-refractivity contribution in [2.45, 2.75) is 26.4 Å². The Kier molecular flexibility index (Phi) is 5.61. The molecule has 0 aromatic heterocycles. The lowest BCUT2D eigenvalue weighted by atomic mass is 10.1. The number of esters is 1. The molecule has 0 N–H and O–H groups in total. The number of hydrogen-bond donors (Lipinski definition) is 0. The van der Waals surface area contributed by atoms with Crippen molar-refractivity contribution in [3.05, 3.63) is 64.7 Å². The number of ketones is 1. The highest BCUT2D eigenvalue weighted by molar-refractivity contribution is 6.30. The Morgan fingerprint density at radius 3 is 2.48 bits per heavy atom. The number of carbonyl (C=O) groups is 3. The molecular weight excluding hydrogens is 366 g/mol. The van der Waals surface area contributed by atoms with Crippen molar-refractivity contribution in [1.82, 2.24) is 0 Å². The van der Waals surface area contributed by atoms with Gasteiger partial charge in [-0.25, -0.2) is 0 Å². The molecule has 1 heterocycles. The Labute approximate surface area is 162 Å². The maximum absolute atomic E-state index is 12.5. The number of carbonyl (C=O) groups excluding carboxylic acids is 3. The fourth-order valence-corrected chi connectivity index (χ4v) is 3.26. The largest absolute Gasteiger partial charge is 0.454 e. The van der Waals surface area contributed by atoms with Crippen LogP contribution < -0.4 is 4.90 Å². The maximum atomic E-state index is 12.5. The molecule has 2 aromatic rings. The predicted octanol–water partition coefficient (Wildman–Crippen LogP) is 3.82. The summed E-state index contributed by atoms with van der Waals surface area (Å²) in [5.41, 5.74) is 2.18. The quantitative estimate of drug-likeness (QED) is 0.579. The van der Waals surface area contributed by atoms with Gasteiger partial charge in [0.25, 0.3) is 0 Å². The first-order chi connectivity index (χ1) is 12.9. The molecule has 2 aromatic carbocycles. The van der Waals surface area contributed by atoms with Gasteiger partial charge in [-0.15, -0.1) is 0 Å². The van der Waals surface area contributed by atoms with Gasteiger partial charge in [-0.05, 0) is 49.7 Å². The summed E-state index contributed by atoms with van der Waals surface area (Å²) in [4.78, 5) is 38.8. The zero-order chi connectivity index (χ0) is 19.6. The van der Waals surface area contributed by atoms with E-state index in [1.807, 2.05) is 31.2 Å². The van der Waals surface area contributed by atoms with Crippen LogP contribution in [0.3, 0.4) is 0 Å². The number of hydrogen-bond acceptors (Lipinski definition) is 4. The second kappa shape index (κ2) is 7.92. The molecule has 140 valence electrons. The summed E-state index contributed by atoms with van der Waals surface area (Å²) in [7, 11) is 0. The molecule has 0 bridgehead atoms. The van der Waals surface area contributed by atoms with Crippen molar-refractivity contribution < 1.29 is 19.1 Å². The van der Waals surface area contributed by atoms with E-state index >= 15 is 0 Å². The van der Waals surface area contributed by atoms with Crippen LogP contribution in [-0.2, 0) is 14.3 Å². The van der Waals surface area contributed by atoms with Crippen molar-refractivity contribution in [1.29, 1.82) is 0 Å². The van der Waals surface area contributed by atoms with Crippen LogP contribution in [-0.4, -0.2) is 30.3 Å². The highest BCUT2D eigenvalue weighted by atomic mass is 35.5. The highest BCUT2D eigenvalue weighted by Crippen LogP contribution is 2.28. The van der Waals surface area contributed by atoms with Crippen molar-refractivity contribution in [3.8, 4) is 0 Å². The second-order valence-electron chi connectivity index (χ2n) is 6.64. The van der Waals surface area contributed by atoms with Crippen LogP contribution in [0.15, 0.2) is 48.5 Å².